The smallest absolute Gasteiger partial charge is 0.258 e. The largest absolute Gasteiger partial charge is 0.317 e. The number of thiazole rings is 1. The third kappa shape index (κ3) is 3.20. The first kappa shape index (κ1) is 15.4. The second-order valence-electron chi connectivity index (χ2n) is 4.98. The summed E-state index contributed by atoms with van der Waals surface area (Å²) in [5.41, 5.74) is 0.904. The summed E-state index contributed by atoms with van der Waals surface area (Å²) >= 11 is 1.51. The number of fused-ring (bicyclic) bond motifs is 1. The molecule has 0 saturated carbocycles. The van der Waals surface area contributed by atoms with Crippen LogP contribution in [0, 0.1) is 0 Å². The number of piperidine rings is 1. The van der Waals surface area contributed by atoms with Crippen molar-refractivity contribution in [2.24, 2.45) is 0 Å². The van der Waals surface area contributed by atoms with Gasteiger partial charge < -0.3 is 5.32 Å². The van der Waals surface area contributed by atoms with Crippen molar-refractivity contribution in [1.29, 1.82) is 0 Å². The van der Waals surface area contributed by atoms with E-state index in [2.05, 4.69) is 15.2 Å². The fraction of sp³-hybridized carbons (Fsp3) is 0.538. The number of rotatable bonds is 3. The second-order valence-corrected chi connectivity index (χ2v) is 5.85. The highest BCUT2D eigenvalue weighted by atomic mass is 35.5. The van der Waals surface area contributed by atoms with Crippen molar-refractivity contribution in [2.75, 3.05) is 20.1 Å². The number of nitrogens with one attached hydrogen (secondary N) is 1. The van der Waals surface area contributed by atoms with Crippen LogP contribution in [0.3, 0.4) is 0 Å². The van der Waals surface area contributed by atoms with E-state index in [0.717, 1.165) is 43.1 Å². The van der Waals surface area contributed by atoms with Gasteiger partial charge in [0, 0.05) is 43.3 Å². The number of nitrogens with zero attached hydrogens (tertiary/aromatic N) is 3. The van der Waals surface area contributed by atoms with Gasteiger partial charge >= 0.3 is 0 Å². The lowest BCUT2D eigenvalue weighted by atomic mass is 10.1. The molecule has 0 unspecified atom stereocenters. The van der Waals surface area contributed by atoms with Crippen LogP contribution < -0.4 is 10.9 Å². The molecule has 1 saturated heterocycles. The summed E-state index contributed by atoms with van der Waals surface area (Å²) in [7, 11) is 2.02. The molecule has 0 atom stereocenters. The lowest BCUT2D eigenvalue weighted by Gasteiger charge is -2.31. The molecule has 3 heterocycles. The van der Waals surface area contributed by atoms with E-state index in [4.69, 9.17) is 0 Å². The number of likely N-dealkylation sites (tertiary alicyclic amines) is 1. The first-order chi connectivity index (χ1) is 9.26. The predicted octanol–water partition coefficient (Wildman–Crippen LogP) is 1.36. The minimum absolute atomic E-state index is 0. The van der Waals surface area contributed by atoms with E-state index in [9.17, 15) is 4.79 Å². The van der Waals surface area contributed by atoms with E-state index >= 15 is 0 Å². The van der Waals surface area contributed by atoms with Crippen molar-refractivity contribution >= 4 is 28.7 Å². The Bertz CT molecular complexity index is 618. The van der Waals surface area contributed by atoms with E-state index in [0.29, 0.717) is 6.04 Å². The third-order valence-electron chi connectivity index (χ3n) is 3.74. The lowest BCUT2D eigenvalue weighted by molar-refractivity contribution is 0.192. The maximum absolute atomic E-state index is 11.9. The number of hydrogen-bond donors (Lipinski definition) is 1. The van der Waals surface area contributed by atoms with Gasteiger partial charge in [-0.05, 0) is 19.9 Å². The Hall–Kier alpha value is -0.950. The Kier molecular flexibility index (Phi) is 5.15. The van der Waals surface area contributed by atoms with Crippen LogP contribution in [0.15, 0.2) is 22.4 Å². The van der Waals surface area contributed by atoms with Gasteiger partial charge in [0.05, 0.1) is 5.69 Å². The summed E-state index contributed by atoms with van der Waals surface area (Å²) in [6.07, 6.45) is 4.10. The fourth-order valence-electron chi connectivity index (χ4n) is 2.58. The molecule has 0 spiro atoms. The van der Waals surface area contributed by atoms with Crippen molar-refractivity contribution < 1.29 is 0 Å². The number of halogens is 1. The molecule has 5 nitrogen and oxygen atoms in total. The summed E-state index contributed by atoms with van der Waals surface area (Å²) in [6, 6.07) is 2.29. The van der Waals surface area contributed by atoms with E-state index in [1.165, 1.54) is 11.3 Å². The highest BCUT2D eigenvalue weighted by molar-refractivity contribution is 7.15. The molecule has 1 aliphatic rings. The molecular formula is C13H19ClN4OS. The molecule has 20 heavy (non-hydrogen) atoms. The lowest BCUT2D eigenvalue weighted by Crippen LogP contribution is -2.41. The predicted molar refractivity (Wildman–Crippen MR) is 83.9 cm³/mol. The molecule has 0 bridgehead atoms. The molecule has 110 valence electrons. The van der Waals surface area contributed by atoms with Crippen molar-refractivity contribution in [1.82, 2.24) is 19.6 Å². The zero-order chi connectivity index (χ0) is 13.2. The Balaban J connectivity index is 0.00000147. The van der Waals surface area contributed by atoms with Gasteiger partial charge in [-0.25, -0.2) is 4.98 Å². The van der Waals surface area contributed by atoms with Crippen LogP contribution in [0.25, 0.3) is 4.96 Å². The average molecular weight is 315 g/mol. The zero-order valence-corrected chi connectivity index (χ0v) is 13.0. The number of aromatic nitrogens is 2. The molecule has 3 rings (SSSR count). The quantitative estimate of drug-likeness (QED) is 0.929. The first-order valence-corrected chi connectivity index (χ1v) is 7.49. The number of hydrogen-bond acceptors (Lipinski definition) is 5. The van der Waals surface area contributed by atoms with Gasteiger partial charge in [-0.1, -0.05) is 0 Å². The molecule has 0 radical (unpaired) electrons. The SMILES string of the molecule is CNC1CCN(Cc2cc(=O)n3ccsc3n2)CC1.Cl. The summed E-state index contributed by atoms with van der Waals surface area (Å²) in [5, 5.41) is 5.22. The van der Waals surface area contributed by atoms with Gasteiger partial charge in [0.1, 0.15) is 0 Å². The summed E-state index contributed by atoms with van der Waals surface area (Å²) in [6.45, 7) is 2.91. The topological polar surface area (TPSA) is 49.6 Å². The van der Waals surface area contributed by atoms with Crippen LogP contribution in [-0.2, 0) is 6.54 Å². The van der Waals surface area contributed by atoms with E-state index in [1.54, 1.807) is 16.7 Å². The summed E-state index contributed by atoms with van der Waals surface area (Å²) < 4.78 is 1.60. The van der Waals surface area contributed by atoms with Crippen molar-refractivity contribution in [3.8, 4) is 0 Å². The molecule has 1 fully saturated rings. The fourth-order valence-corrected chi connectivity index (χ4v) is 3.32. The van der Waals surface area contributed by atoms with E-state index in [1.807, 2.05) is 12.4 Å². The van der Waals surface area contributed by atoms with Gasteiger partial charge in [-0.3, -0.25) is 14.1 Å². The first-order valence-electron chi connectivity index (χ1n) is 6.61. The Morgan fingerprint density at radius 2 is 2.20 bits per heavy atom. The molecule has 7 heteroatoms. The van der Waals surface area contributed by atoms with Crippen molar-refractivity contribution in [3.63, 3.8) is 0 Å². The highest BCUT2D eigenvalue weighted by Gasteiger charge is 2.18. The molecular weight excluding hydrogens is 296 g/mol. The summed E-state index contributed by atoms with van der Waals surface area (Å²) in [4.78, 5) is 19.6. The van der Waals surface area contributed by atoms with Gasteiger partial charge in [0.2, 0.25) is 0 Å². The third-order valence-corrected chi connectivity index (χ3v) is 4.49. The van der Waals surface area contributed by atoms with Gasteiger partial charge in [-0.15, -0.1) is 23.7 Å². The van der Waals surface area contributed by atoms with Crippen LogP contribution in [0.5, 0.6) is 0 Å². The monoisotopic (exact) mass is 314 g/mol. The Labute approximate surface area is 128 Å². The molecule has 0 amide bonds. The Morgan fingerprint density at radius 1 is 1.45 bits per heavy atom. The minimum atomic E-state index is 0. The standard InChI is InChI=1S/C13H18N4OS.ClH/c1-14-10-2-4-16(5-3-10)9-11-8-12(18)17-6-7-19-13(17)15-11;/h6-8,10,14H,2-5,9H2,1H3;1H. The van der Waals surface area contributed by atoms with E-state index in [-0.39, 0.29) is 18.0 Å². The van der Waals surface area contributed by atoms with E-state index < -0.39 is 0 Å². The maximum atomic E-state index is 11.9. The van der Waals surface area contributed by atoms with Gasteiger partial charge in [0.25, 0.3) is 5.56 Å². The molecule has 2 aromatic rings. The average Bonchev–Trinajstić information content (AvgIpc) is 2.88. The van der Waals surface area contributed by atoms with Gasteiger partial charge in [0.15, 0.2) is 4.96 Å². The second kappa shape index (κ2) is 6.67. The minimum Gasteiger partial charge on any atom is -0.317 e. The normalized spacial score (nSPS) is 17.2. The molecule has 2 aromatic heterocycles. The highest BCUT2D eigenvalue weighted by Crippen LogP contribution is 2.13. The van der Waals surface area contributed by atoms with Crippen LogP contribution in [0.1, 0.15) is 18.5 Å². The molecule has 0 aromatic carbocycles. The van der Waals surface area contributed by atoms with Crippen molar-refractivity contribution in [3.05, 3.63) is 33.7 Å². The van der Waals surface area contributed by atoms with Crippen LogP contribution in [0.4, 0.5) is 0 Å². The maximum Gasteiger partial charge on any atom is 0.258 e. The molecule has 0 aliphatic carbocycles. The van der Waals surface area contributed by atoms with Crippen LogP contribution >= 0.6 is 23.7 Å². The van der Waals surface area contributed by atoms with Crippen molar-refractivity contribution in [2.45, 2.75) is 25.4 Å². The summed E-state index contributed by atoms with van der Waals surface area (Å²) in [5.74, 6) is 0. The van der Waals surface area contributed by atoms with Crippen LogP contribution in [-0.4, -0.2) is 40.5 Å². The zero-order valence-electron chi connectivity index (χ0n) is 11.4. The van der Waals surface area contributed by atoms with Crippen LogP contribution in [0.2, 0.25) is 0 Å². The van der Waals surface area contributed by atoms with Gasteiger partial charge in [-0.2, -0.15) is 0 Å². The molecule has 1 aliphatic heterocycles. The molecule has 1 N–H and O–H groups in total. The Morgan fingerprint density at radius 3 is 2.90 bits per heavy atom.